The van der Waals surface area contributed by atoms with E-state index >= 15 is 0 Å². The summed E-state index contributed by atoms with van der Waals surface area (Å²) in [6.07, 6.45) is 6.74. The molecule has 168 valence electrons. The number of amides is 3. The number of piperidine rings is 1. The first kappa shape index (κ1) is 22.0. The van der Waals surface area contributed by atoms with Crippen molar-refractivity contribution in [1.29, 1.82) is 0 Å². The number of nitrogens with one attached hydrogen (secondary N) is 2. The highest BCUT2D eigenvalue weighted by molar-refractivity contribution is 6.05. The number of benzene rings is 1. The molecular formula is C25H35N3O3. The summed E-state index contributed by atoms with van der Waals surface area (Å²) in [6.45, 7) is 8.27. The molecule has 2 fully saturated rings. The Kier molecular flexibility index (Phi) is 6.20. The summed E-state index contributed by atoms with van der Waals surface area (Å²) in [7, 11) is 0. The molecule has 0 spiro atoms. The Hall–Kier alpha value is -2.21. The van der Waals surface area contributed by atoms with E-state index in [-0.39, 0.29) is 29.6 Å². The summed E-state index contributed by atoms with van der Waals surface area (Å²) in [5, 5.41) is 6.18. The van der Waals surface area contributed by atoms with Gasteiger partial charge >= 0.3 is 0 Å². The fourth-order valence-corrected chi connectivity index (χ4v) is 5.22. The van der Waals surface area contributed by atoms with Crippen LogP contribution in [-0.2, 0) is 22.6 Å². The fourth-order valence-electron chi connectivity index (χ4n) is 5.22. The molecule has 31 heavy (non-hydrogen) atoms. The highest BCUT2D eigenvalue weighted by Gasteiger charge is 2.39. The smallest absolute Gasteiger partial charge is 0.255 e. The minimum absolute atomic E-state index is 0.0987. The molecule has 2 heterocycles. The van der Waals surface area contributed by atoms with Crippen molar-refractivity contribution in [3.63, 3.8) is 0 Å². The van der Waals surface area contributed by atoms with Gasteiger partial charge in [-0.15, -0.1) is 0 Å². The Bertz CT molecular complexity index is 873. The maximum absolute atomic E-state index is 12.9. The van der Waals surface area contributed by atoms with Crippen molar-refractivity contribution < 1.29 is 14.4 Å². The first-order valence-electron chi connectivity index (χ1n) is 11.7. The van der Waals surface area contributed by atoms with Crippen LogP contribution in [0.4, 0.5) is 0 Å². The van der Waals surface area contributed by atoms with Crippen molar-refractivity contribution in [3.05, 3.63) is 34.9 Å². The Balaban J connectivity index is 1.44. The van der Waals surface area contributed by atoms with Gasteiger partial charge in [0, 0.05) is 31.1 Å². The molecule has 0 radical (unpaired) electrons. The van der Waals surface area contributed by atoms with Crippen LogP contribution in [0.15, 0.2) is 18.2 Å². The van der Waals surface area contributed by atoms with Crippen LogP contribution in [0.1, 0.15) is 80.8 Å². The SMILES string of the molecule is CC(C)(C)CN[C@H]1CCCC[C@@H]1Cc1ccc2c(c1)CN(C1CCC(=O)NC1=O)C2=O. The number of carbonyl (C=O) groups excluding carboxylic acids is 3. The zero-order valence-electron chi connectivity index (χ0n) is 19.0. The van der Waals surface area contributed by atoms with Crippen LogP contribution in [0.3, 0.4) is 0 Å². The highest BCUT2D eigenvalue weighted by Crippen LogP contribution is 2.32. The molecule has 4 rings (SSSR count). The maximum Gasteiger partial charge on any atom is 0.255 e. The van der Waals surface area contributed by atoms with Crippen molar-refractivity contribution in [3.8, 4) is 0 Å². The lowest BCUT2D eigenvalue weighted by molar-refractivity contribution is -0.136. The quantitative estimate of drug-likeness (QED) is 0.710. The van der Waals surface area contributed by atoms with Gasteiger partial charge in [0.15, 0.2) is 0 Å². The molecule has 2 aliphatic heterocycles. The molecule has 1 saturated carbocycles. The van der Waals surface area contributed by atoms with Crippen molar-refractivity contribution in [2.24, 2.45) is 11.3 Å². The summed E-state index contributed by atoms with van der Waals surface area (Å²) in [5.41, 5.74) is 3.24. The number of hydrogen-bond donors (Lipinski definition) is 2. The van der Waals surface area contributed by atoms with Crippen LogP contribution < -0.4 is 10.6 Å². The van der Waals surface area contributed by atoms with Gasteiger partial charge < -0.3 is 10.2 Å². The van der Waals surface area contributed by atoms with Gasteiger partial charge in [-0.3, -0.25) is 19.7 Å². The van der Waals surface area contributed by atoms with Gasteiger partial charge in [-0.2, -0.15) is 0 Å². The summed E-state index contributed by atoms with van der Waals surface area (Å²) >= 11 is 0. The van der Waals surface area contributed by atoms with Crippen molar-refractivity contribution in [2.75, 3.05) is 6.54 Å². The molecule has 1 aliphatic carbocycles. The summed E-state index contributed by atoms with van der Waals surface area (Å²) < 4.78 is 0. The largest absolute Gasteiger partial charge is 0.322 e. The van der Waals surface area contributed by atoms with Gasteiger partial charge in [0.05, 0.1) is 0 Å². The van der Waals surface area contributed by atoms with Gasteiger partial charge in [-0.05, 0) is 54.2 Å². The zero-order valence-corrected chi connectivity index (χ0v) is 19.0. The molecular weight excluding hydrogens is 390 g/mol. The van der Waals surface area contributed by atoms with Crippen LogP contribution in [-0.4, -0.2) is 41.2 Å². The van der Waals surface area contributed by atoms with Gasteiger partial charge in [-0.25, -0.2) is 0 Å². The van der Waals surface area contributed by atoms with Crippen LogP contribution >= 0.6 is 0 Å². The number of imide groups is 1. The fraction of sp³-hybridized carbons (Fsp3) is 0.640. The van der Waals surface area contributed by atoms with Gasteiger partial charge in [-0.1, -0.05) is 45.7 Å². The average molecular weight is 426 g/mol. The lowest BCUT2D eigenvalue weighted by atomic mass is 9.80. The van der Waals surface area contributed by atoms with E-state index in [1.54, 1.807) is 4.90 Å². The van der Waals surface area contributed by atoms with E-state index in [1.165, 1.54) is 31.2 Å². The molecule has 3 aliphatic rings. The van der Waals surface area contributed by atoms with Crippen molar-refractivity contribution in [2.45, 2.75) is 84.3 Å². The second kappa shape index (κ2) is 8.73. The van der Waals surface area contributed by atoms with E-state index in [1.807, 2.05) is 6.07 Å². The Morgan fingerprint density at radius 1 is 1.10 bits per heavy atom. The standard InChI is InChI=1S/C25H35N3O3/c1-25(2,3)15-26-20-7-5-4-6-17(20)12-16-8-9-19-18(13-16)14-28(24(19)31)21-10-11-22(29)27-23(21)30/h8-9,13,17,20-21,26H,4-7,10-12,14-15H2,1-3H3,(H,27,29,30)/t17-,20+,21?/m1/s1. The first-order chi connectivity index (χ1) is 14.7. The second-order valence-electron chi connectivity index (χ2n) is 10.7. The number of rotatable bonds is 5. The number of nitrogens with zero attached hydrogens (tertiary/aromatic N) is 1. The normalized spacial score (nSPS) is 26.7. The van der Waals surface area contributed by atoms with Crippen LogP contribution in [0, 0.1) is 11.3 Å². The summed E-state index contributed by atoms with van der Waals surface area (Å²) in [4.78, 5) is 38.2. The van der Waals surface area contributed by atoms with Gasteiger partial charge in [0.25, 0.3) is 5.91 Å². The first-order valence-corrected chi connectivity index (χ1v) is 11.7. The highest BCUT2D eigenvalue weighted by atomic mass is 16.2. The van der Waals surface area contributed by atoms with E-state index in [9.17, 15) is 14.4 Å². The van der Waals surface area contributed by atoms with Crippen LogP contribution in [0.2, 0.25) is 0 Å². The summed E-state index contributed by atoms with van der Waals surface area (Å²) in [6, 6.07) is 6.17. The molecule has 1 unspecified atom stereocenters. The molecule has 6 heteroatoms. The average Bonchev–Trinajstić information content (AvgIpc) is 3.02. The lowest BCUT2D eigenvalue weighted by Crippen LogP contribution is -2.52. The van der Waals surface area contributed by atoms with E-state index < -0.39 is 6.04 Å². The molecule has 0 bridgehead atoms. The van der Waals surface area contributed by atoms with Crippen LogP contribution in [0.5, 0.6) is 0 Å². The van der Waals surface area contributed by atoms with Gasteiger partial charge in [0.2, 0.25) is 11.8 Å². The predicted molar refractivity (Wildman–Crippen MR) is 119 cm³/mol. The number of fused-ring (bicyclic) bond motifs is 1. The molecule has 3 atom stereocenters. The Morgan fingerprint density at radius 2 is 1.87 bits per heavy atom. The molecule has 6 nitrogen and oxygen atoms in total. The van der Waals surface area contributed by atoms with E-state index in [4.69, 9.17) is 0 Å². The molecule has 1 aromatic carbocycles. The third-order valence-corrected chi connectivity index (χ3v) is 6.89. The van der Waals surface area contributed by atoms with E-state index in [0.717, 1.165) is 18.5 Å². The number of carbonyl (C=O) groups is 3. The topological polar surface area (TPSA) is 78.5 Å². The number of hydrogen-bond acceptors (Lipinski definition) is 4. The third-order valence-electron chi connectivity index (χ3n) is 6.89. The molecule has 2 N–H and O–H groups in total. The lowest BCUT2D eigenvalue weighted by Gasteiger charge is -2.34. The minimum Gasteiger partial charge on any atom is -0.322 e. The zero-order chi connectivity index (χ0) is 22.2. The Labute approximate surface area is 185 Å². The maximum atomic E-state index is 12.9. The monoisotopic (exact) mass is 425 g/mol. The third kappa shape index (κ3) is 5.00. The Morgan fingerprint density at radius 3 is 2.61 bits per heavy atom. The van der Waals surface area contributed by atoms with Crippen LogP contribution in [0.25, 0.3) is 0 Å². The van der Waals surface area contributed by atoms with Gasteiger partial charge in [0.1, 0.15) is 6.04 Å². The molecule has 3 amide bonds. The molecule has 0 aromatic heterocycles. The predicted octanol–water partition coefficient (Wildman–Crippen LogP) is 3.18. The minimum atomic E-state index is -0.551. The van der Waals surface area contributed by atoms with E-state index in [0.29, 0.717) is 30.5 Å². The van der Waals surface area contributed by atoms with Crippen molar-refractivity contribution >= 4 is 17.7 Å². The summed E-state index contributed by atoms with van der Waals surface area (Å²) in [5.74, 6) is -0.0988. The van der Waals surface area contributed by atoms with E-state index in [2.05, 4.69) is 43.5 Å². The molecule has 1 saturated heterocycles. The molecule has 1 aromatic rings. The van der Waals surface area contributed by atoms with Crippen molar-refractivity contribution in [1.82, 2.24) is 15.5 Å². The second-order valence-corrected chi connectivity index (χ2v) is 10.7.